The predicted octanol–water partition coefficient (Wildman–Crippen LogP) is 3.63. The van der Waals surface area contributed by atoms with Crippen LogP contribution in [0.15, 0.2) is 48.8 Å². The van der Waals surface area contributed by atoms with Crippen LogP contribution in [0.3, 0.4) is 0 Å². The molecule has 1 aromatic carbocycles. The van der Waals surface area contributed by atoms with Crippen LogP contribution in [0.1, 0.15) is 36.5 Å². The number of rotatable bonds is 6. The lowest BCUT2D eigenvalue weighted by Gasteiger charge is -2.18. The number of pyridine rings is 1. The molecule has 0 amide bonds. The highest BCUT2D eigenvalue weighted by molar-refractivity contribution is 5.33. The van der Waals surface area contributed by atoms with E-state index in [1.165, 1.54) is 16.7 Å². The monoisotopic (exact) mass is 268 g/mol. The Labute approximate surface area is 122 Å². The maximum absolute atomic E-state index is 4.11. The fourth-order valence-corrected chi connectivity index (χ4v) is 2.59. The average molecular weight is 268 g/mol. The lowest BCUT2D eigenvalue weighted by Crippen LogP contribution is -2.18. The standard InChI is InChI=1S/C18H24N2/c1-14(2)12-15-4-6-16(7-5-15)18(13-19-3)17-8-10-20-11-9-17/h4-11,14,18-19H,12-13H2,1-3H3. The van der Waals surface area contributed by atoms with Crippen LogP contribution in [0.4, 0.5) is 0 Å². The first-order valence-electron chi connectivity index (χ1n) is 7.34. The van der Waals surface area contributed by atoms with E-state index in [-0.39, 0.29) is 0 Å². The van der Waals surface area contributed by atoms with Crippen LogP contribution < -0.4 is 5.32 Å². The van der Waals surface area contributed by atoms with Crippen molar-refractivity contribution in [3.05, 3.63) is 65.5 Å². The number of nitrogens with one attached hydrogen (secondary N) is 1. The molecule has 2 rings (SSSR count). The summed E-state index contributed by atoms with van der Waals surface area (Å²) < 4.78 is 0. The van der Waals surface area contributed by atoms with Gasteiger partial charge < -0.3 is 5.32 Å². The zero-order valence-corrected chi connectivity index (χ0v) is 12.6. The van der Waals surface area contributed by atoms with Crippen LogP contribution in [-0.4, -0.2) is 18.6 Å². The lowest BCUT2D eigenvalue weighted by molar-refractivity contribution is 0.646. The number of nitrogens with zero attached hydrogens (tertiary/aromatic N) is 1. The smallest absolute Gasteiger partial charge is 0.0270 e. The first-order chi connectivity index (χ1) is 9.70. The summed E-state index contributed by atoms with van der Waals surface area (Å²) in [6.07, 6.45) is 4.88. The van der Waals surface area contributed by atoms with Gasteiger partial charge in [-0.1, -0.05) is 38.1 Å². The summed E-state index contributed by atoms with van der Waals surface area (Å²) in [6, 6.07) is 13.3. The molecule has 2 nitrogen and oxygen atoms in total. The van der Waals surface area contributed by atoms with Crippen LogP contribution in [0.25, 0.3) is 0 Å². The highest BCUT2D eigenvalue weighted by atomic mass is 14.8. The van der Waals surface area contributed by atoms with Gasteiger partial charge in [0.15, 0.2) is 0 Å². The van der Waals surface area contributed by atoms with Crippen molar-refractivity contribution in [3.63, 3.8) is 0 Å². The molecule has 0 saturated heterocycles. The molecule has 1 N–H and O–H groups in total. The molecule has 0 bridgehead atoms. The van der Waals surface area contributed by atoms with Crippen molar-refractivity contribution in [1.82, 2.24) is 10.3 Å². The molecule has 0 radical (unpaired) electrons. The topological polar surface area (TPSA) is 24.9 Å². The van der Waals surface area contributed by atoms with E-state index in [0.29, 0.717) is 11.8 Å². The van der Waals surface area contributed by atoms with Gasteiger partial charge in [0, 0.05) is 24.9 Å². The molecule has 0 aliphatic carbocycles. The molecule has 1 unspecified atom stereocenters. The molecule has 1 atom stereocenters. The van der Waals surface area contributed by atoms with E-state index < -0.39 is 0 Å². The van der Waals surface area contributed by atoms with Gasteiger partial charge >= 0.3 is 0 Å². The van der Waals surface area contributed by atoms with Gasteiger partial charge in [0.05, 0.1) is 0 Å². The molecular formula is C18H24N2. The highest BCUT2D eigenvalue weighted by Gasteiger charge is 2.13. The number of likely N-dealkylation sites (N-methyl/N-ethyl adjacent to an activating group) is 1. The summed E-state index contributed by atoms with van der Waals surface area (Å²) in [5, 5.41) is 3.29. The maximum atomic E-state index is 4.11. The zero-order valence-electron chi connectivity index (χ0n) is 12.6. The minimum atomic E-state index is 0.385. The molecule has 0 aliphatic rings. The molecule has 20 heavy (non-hydrogen) atoms. The number of hydrogen-bond donors (Lipinski definition) is 1. The molecule has 2 aromatic rings. The van der Waals surface area contributed by atoms with Gasteiger partial charge in [0.25, 0.3) is 0 Å². The molecule has 0 fully saturated rings. The number of hydrogen-bond acceptors (Lipinski definition) is 2. The Kier molecular flexibility index (Phi) is 5.31. The van der Waals surface area contributed by atoms with Gasteiger partial charge in [-0.3, -0.25) is 4.98 Å². The molecular weight excluding hydrogens is 244 g/mol. The van der Waals surface area contributed by atoms with Gasteiger partial charge in [0.1, 0.15) is 0 Å². The predicted molar refractivity (Wildman–Crippen MR) is 85.0 cm³/mol. The van der Waals surface area contributed by atoms with E-state index in [4.69, 9.17) is 0 Å². The van der Waals surface area contributed by atoms with Crippen LogP contribution in [0, 0.1) is 5.92 Å². The molecule has 0 spiro atoms. The Morgan fingerprint density at radius 2 is 1.55 bits per heavy atom. The lowest BCUT2D eigenvalue weighted by atomic mass is 9.90. The van der Waals surface area contributed by atoms with Crippen molar-refractivity contribution >= 4 is 0 Å². The molecule has 0 saturated carbocycles. The Balaban J connectivity index is 2.21. The second kappa shape index (κ2) is 7.20. The van der Waals surface area contributed by atoms with Crippen molar-refractivity contribution in [3.8, 4) is 0 Å². The van der Waals surface area contributed by atoms with Crippen LogP contribution >= 0.6 is 0 Å². The average Bonchev–Trinajstić information content (AvgIpc) is 2.46. The van der Waals surface area contributed by atoms with Crippen molar-refractivity contribution in [2.45, 2.75) is 26.2 Å². The summed E-state index contributed by atoms with van der Waals surface area (Å²) in [6.45, 7) is 5.46. The van der Waals surface area contributed by atoms with Gasteiger partial charge in [0.2, 0.25) is 0 Å². The van der Waals surface area contributed by atoms with Gasteiger partial charge in [-0.15, -0.1) is 0 Å². The number of aromatic nitrogens is 1. The van der Waals surface area contributed by atoms with E-state index in [9.17, 15) is 0 Å². The fourth-order valence-electron chi connectivity index (χ4n) is 2.59. The molecule has 106 valence electrons. The molecule has 1 heterocycles. The minimum Gasteiger partial charge on any atom is -0.319 e. The zero-order chi connectivity index (χ0) is 14.4. The second-order valence-electron chi connectivity index (χ2n) is 5.73. The Bertz CT molecular complexity index is 503. The first kappa shape index (κ1) is 14.7. The van der Waals surface area contributed by atoms with Gasteiger partial charge in [-0.25, -0.2) is 0 Å². The Morgan fingerprint density at radius 1 is 0.950 bits per heavy atom. The maximum Gasteiger partial charge on any atom is 0.0270 e. The van der Waals surface area contributed by atoms with Crippen molar-refractivity contribution in [2.24, 2.45) is 5.92 Å². The summed E-state index contributed by atoms with van der Waals surface area (Å²) in [5.74, 6) is 1.09. The SMILES string of the molecule is CNCC(c1ccncc1)c1ccc(CC(C)C)cc1. The van der Waals surface area contributed by atoms with E-state index >= 15 is 0 Å². The normalized spacial score (nSPS) is 12.6. The Morgan fingerprint density at radius 3 is 2.10 bits per heavy atom. The molecule has 0 aliphatic heterocycles. The van der Waals surface area contributed by atoms with Gasteiger partial charge in [-0.05, 0) is 48.2 Å². The largest absolute Gasteiger partial charge is 0.319 e. The summed E-state index contributed by atoms with van der Waals surface area (Å²) >= 11 is 0. The highest BCUT2D eigenvalue weighted by Crippen LogP contribution is 2.24. The van der Waals surface area contributed by atoms with E-state index in [1.807, 2.05) is 19.4 Å². The summed E-state index contributed by atoms with van der Waals surface area (Å²) in [7, 11) is 2.00. The number of benzene rings is 1. The summed E-state index contributed by atoms with van der Waals surface area (Å²) in [4.78, 5) is 4.11. The van der Waals surface area contributed by atoms with Crippen molar-refractivity contribution in [2.75, 3.05) is 13.6 Å². The van der Waals surface area contributed by atoms with E-state index in [1.54, 1.807) is 0 Å². The van der Waals surface area contributed by atoms with Gasteiger partial charge in [-0.2, -0.15) is 0 Å². The Hall–Kier alpha value is -1.67. The second-order valence-corrected chi connectivity index (χ2v) is 5.73. The van der Waals surface area contributed by atoms with Crippen molar-refractivity contribution < 1.29 is 0 Å². The third kappa shape index (κ3) is 3.91. The third-order valence-corrected chi connectivity index (χ3v) is 3.54. The molecule has 1 aromatic heterocycles. The van der Waals surface area contributed by atoms with Crippen molar-refractivity contribution in [1.29, 1.82) is 0 Å². The van der Waals surface area contributed by atoms with Crippen LogP contribution in [0.5, 0.6) is 0 Å². The van der Waals surface area contributed by atoms with Crippen LogP contribution in [-0.2, 0) is 6.42 Å². The first-order valence-corrected chi connectivity index (χ1v) is 7.34. The minimum absolute atomic E-state index is 0.385. The summed E-state index contributed by atoms with van der Waals surface area (Å²) in [5.41, 5.74) is 4.09. The fraction of sp³-hybridized carbons (Fsp3) is 0.389. The van der Waals surface area contributed by atoms with E-state index in [0.717, 1.165) is 13.0 Å². The van der Waals surface area contributed by atoms with E-state index in [2.05, 4.69) is 60.5 Å². The molecule has 2 heteroatoms. The quantitative estimate of drug-likeness (QED) is 0.865. The third-order valence-electron chi connectivity index (χ3n) is 3.54. The van der Waals surface area contributed by atoms with Crippen LogP contribution in [0.2, 0.25) is 0 Å².